The minimum Gasteiger partial charge on any atom is -0.461 e. The summed E-state index contributed by atoms with van der Waals surface area (Å²) >= 11 is 1.88. The first-order chi connectivity index (χ1) is 10.3. The number of nitrogens with one attached hydrogen (secondary N) is 1. The van der Waals surface area contributed by atoms with Gasteiger partial charge in [0.1, 0.15) is 17.2 Å². The van der Waals surface area contributed by atoms with Crippen molar-refractivity contribution < 1.29 is 4.42 Å². The Labute approximate surface area is 127 Å². The smallest absolute Gasteiger partial charge is 0.165 e. The third kappa shape index (κ3) is 1.92. The number of hydrogen-bond donors (Lipinski definition) is 1. The summed E-state index contributed by atoms with van der Waals surface area (Å²) in [6.45, 7) is 1.97. The van der Waals surface area contributed by atoms with Gasteiger partial charge in [0, 0.05) is 29.5 Å². The van der Waals surface area contributed by atoms with E-state index < -0.39 is 0 Å². The lowest BCUT2D eigenvalue weighted by molar-refractivity contribution is 0.579. The van der Waals surface area contributed by atoms with E-state index in [1.54, 1.807) is 0 Å². The van der Waals surface area contributed by atoms with Crippen molar-refractivity contribution >= 4 is 28.5 Å². The second-order valence-electron chi connectivity index (χ2n) is 5.09. The zero-order valence-corrected chi connectivity index (χ0v) is 12.8. The average Bonchev–Trinajstić information content (AvgIpc) is 3.08. The molecule has 1 N–H and O–H groups in total. The van der Waals surface area contributed by atoms with Crippen LogP contribution in [-0.2, 0) is 11.5 Å². The van der Waals surface area contributed by atoms with E-state index in [-0.39, 0.29) is 0 Å². The first kappa shape index (κ1) is 12.7. The Morgan fingerprint density at radius 1 is 1.19 bits per heavy atom. The molecule has 4 rings (SSSR count). The van der Waals surface area contributed by atoms with E-state index in [1.165, 1.54) is 5.56 Å². The van der Waals surface area contributed by atoms with Crippen molar-refractivity contribution in [1.29, 1.82) is 0 Å². The number of para-hydroxylation sites is 1. The molecule has 1 aliphatic heterocycles. The number of furan rings is 1. The summed E-state index contributed by atoms with van der Waals surface area (Å²) in [4.78, 5) is 9.50. The fourth-order valence-corrected chi connectivity index (χ4v) is 3.86. The molecule has 0 radical (unpaired) electrons. The van der Waals surface area contributed by atoms with Crippen molar-refractivity contribution in [3.8, 4) is 11.4 Å². The molecule has 1 aliphatic rings. The van der Waals surface area contributed by atoms with Crippen molar-refractivity contribution in [2.75, 3.05) is 12.4 Å². The maximum absolute atomic E-state index is 5.84. The highest BCUT2D eigenvalue weighted by Gasteiger charge is 2.22. The van der Waals surface area contributed by atoms with Gasteiger partial charge in [-0.3, -0.25) is 0 Å². The molecule has 3 aromatic rings. The zero-order valence-electron chi connectivity index (χ0n) is 11.9. The Balaban J connectivity index is 1.99. The van der Waals surface area contributed by atoms with Crippen LogP contribution in [0, 0.1) is 6.92 Å². The average molecular weight is 297 g/mol. The molecule has 0 atom stereocenters. The topological polar surface area (TPSA) is 51.0 Å². The van der Waals surface area contributed by atoms with Crippen LogP contribution in [0.3, 0.4) is 0 Å². The van der Waals surface area contributed by atoms with Gasteiger partial charge in [-0.05, 0) is 13.0 Å². The highest BCUT2D eigenvalue weighted by molar-refractivity contribution is 7.98. The molecule has 21 heavy (non-hydrogen) atoms. The van der Waals surface area contributed by atoms with Gasteiger partial charge in [0.05, 0.1) is 11.3 Å². The molecule has 0 fully saturated rings. The first-order valence-electron chi connectivity index (χ1n) is 6.91. The number of benzene rings is 1. The minimum absolute atomic E-state index is 0.753. The molecule has 0 spiro atoms. The molecular formula is C16H15N3OS. The van der Waals surface area contributed by atoms with Crippen LogP contribution in [0.15, 0.2) is 28.7 Å². The highest BCUT2D eigenvalue weighted by Crippen LogP contribution is 2.37. The molecular weight excluding hydrogens is 282 g/mol. The molecule has 1 aromatic carbocycles. The maximum Gasteiger partial charge on any atom is 0.165 e. The molecule has 0 bridgehead atoms. The van der Waals surface area contributed by atoms with E-state index in [2.05, 4.69) is 11.4 Å². The Hall–Kier alpha value is -2.01. The minimum atomic E-state index is 0.753. The fraction of sp³-hybridized carbons (Fsp3) is 0.250. The van der Waals surface area contributed by atoms with Gasteiger partial charge < -0.3 is 9.73 Å². The third-order valence-corrected chi connectivity index (χ3v) is 4.78. The lowest BCUT2D eigenvalue weighted by Gasteiger charge is -2.08. The predicted octanol–water partition coefficient (Wildman–Crippen LogP) is 3.99. The largest absolute Gasteiger partial charge is 0.461 e. The van der Waals surface area contributed by atoms with Gasteiger partial charge in [-0.1, -0.05) is 18.2 Å². The zero-order chi connectivity index (χ0) is 14.4. The molecule has 0 aliphatic carbocycles. The Kier molecular flexibility index (Phi) is 2.89. The molecule has 4 nitrogen and oxygen atoms in total. The molecule has 0 saturated carbocycles. The van der Waals surface area contributed by atoms with E-state index in [9.17, 15) is 0 Å². The van der Waals surface area contributed by atoms with Crippen molar-refractivity contribution in [1.82, 2.24) is 9.97 Å². The summed E-state index contributed by atoms with van der Waals surface area (Å²) < 4.78 is 5.84. The van der Waals surface area contributed by atoms with Crippen LogP contribution < -0.4 is 5.32 Å². The van der Waals surface area contributed by atoms with Crippen LogP contribution in [0.25, 0.3) is 22.4 Å². The number of thioether (sulfide) groups is 1. The van der Waals surface area contributed by atoms with Crippen LogP contribution in [-0.4, -0.2) is 17.0 Å². The van der Waals surface area contributed by atoms with Gasteiger partial charge in [-0.2, -0.15) is 11.8 Å². The fourth-order valence-electron chi connectivity index (χ4n) is 2.82. The van der Waals surface area contributed by atoms with Gasteiger partial charge in [-0.25, -0.2) is 9.97 Å². The van der Waals surface area contributed by atoms with Gasteiger partial charge in [-0.15, -0.1) is 0 Å². The van der Waals surface area contributed by atoms with E-state index >= 15 is 0 Å². The lowest BCUT2D eigenvalue weighted by atomic mass is 10.1. The van der Waals surface area contributed by atoms with Gasteiger partial charge in [0.15, 0.2) is 5.82 Å². The number of anilines is 1. The van der Waals surface area contributed by atoms with E-state index in [4.69, 9.17) is 14.4 Å². The number of fused-ring (bicyclic) bond motifs is 2. The summed E-state index contributed by atoms with van der Waals surface area (Å²) in [5.41, 5.74) is 4.26. The summed E-state index contributed by atoms with van der Waals surface area (Å²) in [5.74, 6) is 4.49. The molecule has 5 heteroatoms. The molecule has 0 saturated heterocycles. The molecule has 2 aromatic heterocycles. The molecule has 0 unspecified atom stereocenters. The Morgan fingerprint density at radius 3 is 2.90 bits per heavy atom. The van der Waals surface area contributed by atoms with Gasteiger partial charge in [0.25, 0.3) is 0 Å². The SMILES string of the molecule is CNc1nc(-c2c(C)oc3ccccc23)nc2c1CSC2. The monoisotopic (exact) mass is 297 g/mol. The van der Waals surface area contributed by atoms with Crippen molar-refractivity contribution in [2.24, 2.45) is 0 Å². The third-order valence-electron chi connectivity index (χ3n) is 3.81. The lowest BCUT2D eigenvalue weighted by Crippen LogP contribution is -2.03. The van der Waals surface area contributed by atoms with Crippen LogP contribution in [0.4, 0.5) is 5.82 Å². The van der Waals surface area contributed by atoms with E-state index in [1.807, 2.05) is 43.9 Å². The Bertz CT molecular complexity index is 841. The maximum atomic E-state index is 5.84. The second-order valence-corrected chi connectivity index (χ2v) is 6.08. The summed E-state index contributed by atoms with van der Waals surface area (Å²) in [6.07, 6.45) is 0. The Morgan fingerprint density at radius 2 is 2.05 bits per heavy atom. The van der Waals surface area contributed by atoms with E-state index in [0.29, 0.717) is 0 Å². The number of aryl methyl sites for hydroxylation is 1. The number of aromatic nitrogens is 2. The van der Waals surface area contributed by atoms with Crippen LogP contribution in [0.2, 0.25) is 0 Å². The van der Waals surface area contributed by atoms with Crippen molar-refractivity contribution in [2.45, 2.75) is 18.4 Å². The number of nitrogens with zero attached hydrogens (tertiary/aromatic N) is 2. The normalized spacial score (nSPS) is 13.6. The summed E-state index contributed by atoms with van der Waals surface area (Å²) in [7, 11) is 1.91. The van der Waals surface area contributed by atoms with Gasteiger partial charge in [0.2, 0.25) is 0 Å². The molecule has 3 heterocycles. The quantitative estimate of drug-likeness (QED) is 0.775. The predicted molar refractivity (Wildman–Crippen MR) is 86.5 cm³/mol. The van der Waals surface area contributed by atoms with Crippen LogP contribution in [0.5, 0.6) is 0 Å². The summed E-state index contributed by atoms with van der Waals surface area (Å²) in [5, 5.41) is 4.27. The summed E-state index contributed by atoms with van der Waals surface area (Å²) in [6, 6.07) is 8.04. The standard InChI is InChI=1S/C16H15N3OS/c1-9-14(10-5-3-4-6-13(10)20-9)16-18-12-8-21-7-11(12)15(17-2)19-16/h3-6H,7-8H2,1-2H3,(H,17,18,19). The van der Waals surface area contributed by atoms with Crippen molar-refractivity contribution in [3.05, 3.63) is 41.3 Å². The molecule has 0 amide bonds. The number of hydrogen-bond acceptors (Lipinski definition) is 5. The van der Waals surface area contributed by atoms with Crippen LogP contribution in [0.1, 0.15) is 17.0 Å². The first-order valence-corrected chi connectivity index (χ1v) is 8.07. The highest BCUT2D eigenvalue weighted by atomic mass is 32.2. The van der Waals surface area contributed by atoms with Crippen molar-refractivity contribution in [3.63, 3.8) is 0 Å². The number of rotatable bonds is 2. The van der Waals surface area contributed by atoms with Gasteiger partial charge >= 0.3 is 0 Å². The van der Waals surface area contributed by atoms with E-state index in [0.717, 1.165) is 51.1 Å². The van der Waals surface area contributed by atoms with Crippen LogP contribution >= 0.6 is 11.8 Å². The molecule has 106 valence electrons. The second kappa shape index (κ2) is 4.77.